The molecule has 0 unspecified atom stereocenters. The van der Waals surface area contributed by atoms with E-state index in [4.69, 9.17) is 0 Å². The molecule has 0 aliphatic rings. The summed E-state index contributed by atoms with van der Waals surface area (Å²) in [7, 11) is 0. The Bertz CT molecular complexity index is 946. The Hall–Kier alpha value is -2.53. The van der Waals surface area contributed by atoms with Crippen LogP contribution in [-0.2, 0) is 6.54 Å². The minimum atomic E-state index is -0.0550. The molecule has 3 aromatic rings. The molecule has 25 heavy (non-hydrogen) atoms. The van der Waals surface area contributed by atoms with Crippen LogP contribution in [0.1, 0.15) is 42.4 Å². The number of nitrogens with zero attached hydrogens (tertiary/aromatic N) is 3. The maximum atomic E-state index is 12.3. The van der Waals surface area contributed by atoms with Gasteiger partial charge in [0.2, 0.25) is 0 Å². The van der Waals surface area contributed by atoms with Gasteiger partial charge in [-0.05, 0) is 43.0 Å². The summed E-state index contributed by atoms with van der Waals surface area (Å²) in [6.45, 7) is 8.90. The number of hydrogen-bond donors (Lipinski definition) is 1. The van der Waals surface area contributed by atoms with E-state index in [1.807, 2.05) is 31.3 Å². The molecule has 1 N–H and O–H groups in total. The van der Waals surface area contributed by atoms with Gasteiger partial charge in [0.1, 0.15) is 5.65 Å². The predicted octanol–water partition coefficient (Wildman–Crippen LogP) is 3.19. The van der Waals surface area contributed by atoms with Crippen molar-refractivity contribution in [2.24, 2.45) is 5.92 Å². The Morgan fingerprint density at radius 3 is 2.64 bits per heavy atom. The van der Waals surface area contributed by atoms with Crippen molar-refractivity contribution in [2.75, 3.05) is 0 Å². The van der Waals surface area contributed by atoms with Crippen LogP contribution < -0.4 is 10.9 Å². The van der Waals surface area contributed by atoms with Crippen molar-refractivity contribution in [3.05, 3.63) is 75.6 Å². The fourth-order valence-corrected chi connectivity index (χ4v) is 3.09. The summed E-state index contributed by atoms with van der Waals surface area (Å²) >= 11 is 0. The van der Waals surface area contributed by atoms with E-state index in [-0.39, 0.29) is 11.6 Å². The van der Waals surface area contributed by atoms with Gasteiger partial charge in [-0.2, -0.15) is 0 Å². The second-order valence-corrected chi connectivity index (χ2v) is 6.78. The maximum Gasteiger partial charge on any atom is 0.258 e. The van der Waals surface area contributed by atoms with Crippen LogP contribution in [0.3, 0.4) is 0 Å². The quantitative estimate of drug-likeness (QED) is 0.777. The fourth-order valence-electron chi connectivity index (χ4n) is 3.09. The molecule has 0 saturated heterocycles. The zero-order valence-electron chi connectivity index (χ0n) is 15.2. The van der Waals surface area contributed by atoms with E-state index in [1.165, 1.54) is 0 Å². The smallest absolute Gasteiger partial charge is 0.258 e. The number of fused-ring (bicyclic) bond motifs is 1. The summed E-state index contributed by atoms with van der Waals surface area (Å²) in [6, 6.07) is 9.56. The predicted molar refractivity (Wildman–Crippen MR) is 99.6 cm³/mol. The van der Waals surface area contributed by atoms with Gasteiger partial charge in [-0.25, -0.2) is 4.98 Å². The molecule has 0 aliphatic carbocycles. The van der Waals surface area contributed by atoms with Crippen LogP contribution in [0, 0.1) is 19.8 Å². The zero-order valence-corrected chi connectivity index (χ0v) is 15.2. The van der Waals surface area contributed by atoms with E-state index < -0.39 is 0 Å². The molecule has 3 rings (SSSR count). The lowest BCUT2D eigenvalue weighted by atomic mass is 9.97. The standard InChI is InChI=1S/C20H24N4O/c1-13(2)18(19-14(3)7-5-9-21-19)22-12-16-11-17(25)24-10-6-8-15(4)20(24)23-16/h5-11,13,18,22H,12H2,1-4H3/t18-/m1/s1. The summed E-state index contributed by atoms with van der Waals surface area (Å²) in [6.07, 6.45) is 3.58. The Balaban J connectivity index is 1.89. The molecular formula is C20H24N4O. The van der Waals surface area contributed by atoms with E-state index in [0.29, 0.717) is 18.1 Å². The molecule has 0 amide bonds. The summed E-state index contributed by atoms with van der Waals surface area (Å²) < 4.78 is 1.58. The highest BCUT2D eigenvalue weighted by atomic mass is 16.1. The molecule has 0 fully saturated rings. The Labute approximate surface area is 147 Å². The van der Waals surface area contributed by atoms with E-state index in [0.717, 1.165) is 22.5 Å². The van der Waals surface area contributed by atoms with Crippen LogP contribution in [0.15, 0.2) is 47.5 Å². The SMILES string of the molecule is Cc1cccnc1[C@H](NCc1cc(=O)n2cccc(C)c2n1)C(C)C. The van der Waals surface area contributed by atoms with Crippen LogP contribution in [0.4, 0.5) is 0 Å². The molecule has 0 aliphatic heterocycles. The van der Waals surface area contributed by atoms with E-state index in [9.17, 15) is 4.79 Å². The highest BCUT2D eigenvalue weighted by Crippen LogP contribution is 2.22. The second kappa shape index (κ2) is 7.15. The molecule has 5 heteroatoms. The number of rotatable bonds is 5. The van der Waals surface area contributed by atoms with Crippen molar-refractivity contribution in [1.82, 2.24) is 19.7 Å². The number of pyridine rings is 2. The summed E-state index contributed by atoms with van der Waals surface area (Å²) in [5.74, 6) is 0.372. The van der Waals surface area contributed by atoms with Crippen LogP contribution in [0.5, 0.6) is 0 Å². The van der Waals surface area contributed by atoms with Crippen LogP contribution in [-0.4, -0.2) is 14.4 Å². The first-order chi connectivity index (χ1) is 12.0. The summed E-state index contributed by atoms with van der Waals surface area (Å²) in [4.78, 5) is 21.5. The number of aryl methyl sites for hydroxylation is 2. The first-order valence-corrected chi connectivity index (χ1v) is 8.60. The van der Waals surface area contributed by atoms with E-state index in [2.05, 4.69) is 42.1 Å². The minimum Gasteiger partial charge on any atom is -0.303 e. The van der Waals surface area contributed by atoms with Gasteiger partial charge in [0.15, 0.2) is 0 Å². The molecule has 0 bridgehead atoms. The molecule has 3 heterocycles. The third-order valence-corrected chi connectivity index (χ3v) is 4.45. The molecule has 130 valence electrons. The molecule has 0 saturated carbocycles. The minimum absolute atomic E-state index is 0.0550. The lowest BCUT2D eigenvalue weighted by Gasteiger charge is -2.23. The number of hydrogen-bond acceptors (Lipinski definition) is 4. The molecule has 0 spiro atoms. The second-order valence-electron chi connectivity index (χ2n) is 6.78. The molecule has 0 radical (unpaired) electrons. The highest BCUT2D eigenvalue weighted by Gasteiger charge is 2.19. The zero-order chi connectivity index (χ0) is 18.0. The Morgan fingerprint density at radius 2 is 1.92 bits per heavy atom. The van der Waals surface area contributed by atoms with Gasteiger partial charge >= 0.3 is 0 Å². The first-order valence-electron chi connectivity index (χ1n) is 8.60. The van der Waals surface area contributed by atoms with Gasteiger partial charge in [0.25, 0.3) is 5.56 Å². The van der Waals surface area contributed by atoms with E-state index in [1.54, 1.807) is 16.7 Å². The van der Waals surface area contributed by atoms with Gasteiger partial charge in [0, 0.05) is 25.0 Å². The van der Waals surface area contributed by atoms with Gasteiger partial charge in [-0.1, -0.05) is 26.0 Å². The van der Waals surface area contributed by atoms with Crippen LogP contribution in [0.2, 0.25) is 0 Å². The van der Waals surface area contributed by atoms with Crippen molar-refractivity contribution in [1.29, 1.82) is 0 Å². The number of aromatic nitrogens is 3. The monoisotopic (exact) mass is 336 g/mol. The molecule has 0 aromatic carbocycles. The third-order valence-electron chi connectivity index (χ3n) is 4.45. The van der Waals surface area contributed by atoms with Crippen molar-refractivity contribution in [2.45, 2.75) is 40.3 Å². The average Bonchev–Trinajstić information content (AvgIpc) is 2.57. The lowest BCUT2D eigenvalue weighted by molar-refractivity contribution is 0.398. The molecular weight excluding hydrogens is 312 g/mol. The van der Waals surface area contributed by atoms with Crippen molar-refractivity contribution in [3.8, 4) is 0 Å². The van der Waals surface area contributed by atoms with Crippen LogP contribution >= 0.6 is 0 Å². The topological polar surface area (TPSA) is 59.3 Å². The third kappa shape index (κ3) is 3.61. The Morgan fingerprint density at radius 1 is 1.16 bits per heavy atom. The van der Waals surface area contributed by atoms with Gasteiger partial charge in [0.05, 0.1) is 17.4 Å². The molecule has 5 nitrogen and oxygen atoms in total. The van der Waals surface area contributed by atoms with Crippen molar-refractivity contribution >= 4 is 5.65 Å². The van der Waals surface area contributed by atoms with Crippen molar-refractivity contribution < 1.29 is 0 Å². The fraction of sp³-hybridized carbons (Fsp3) is 0.350. The number of nitrogens with one attached hydrogen (secondary N) is 1. The van der Waals surface area contributed by atoms with Gasteiger partial charge in [-0.3, -0.25) is 14.2 Å². The highest BCUT2D eigenvalue weighted by molar-refractivity contribution is 5.46. The van der Waals surface area contributed by atoms with E-state index >= 15 is 0 Å². The summed E-state index contributed by atoms with van der Waals surface area (Å²) in [5, 5.41) is 3.53. The molecule has 3 aromatic heterocycles. The van der Waals surface area contributed by atoms with Gasteiger partial charge in [-0.15, -0.1) is 0 Å². The summed E-state index contributed by atoms with van der Waals surface area (Å²) in [5.41, 5.74) is 4.60. The Kier molecular flexibility index (Phi) is 4.95. The molecule has 1 atom stereocenters. The van der Waals surface area contributed by atoms with Gasteiger partial charge < -0.3 is 5.32 Å². The first kappa shape index (κ1) is 17.3. The van der Waals surface area contributed by atoms with Crippen LogP contribution in [0.25, 0.3) is 5.65 Å². The lowest BCUT2D eigenvalue weighted by Crippen LogP contribution is -2.28. The largest absolute Gasteiger partial charge is 0.303 e. The van der Waals surface area contributed by atoms with Crippen molar-refractivity contribution in [3.63, 3.8) is 0 Å². The maximum absolute atomic E-state index is 12.3. The average molecular weight is 336 g/mol. The normalized spacial score (nSPS) is 12.7.